The van der Waals surface area contributed by atoms with Crippen molar-refractivity contribution in [2.45, 2.75) is 19.3 Å². The van der Waals surface area contributed by atoms with Crippen LogP contribution in [0.4, 0.5) is 0 Å². The second kappa shape index (κ2) is 7.06. The second-order valence-corrected chi connectivity index (χ2v) is 7.40. The monoisotopic (exact) mass is 280 g/mol. The number of aryl methyl sites for hydroxylation is 1. The minimum atomic E-state index is -2.93. The molecule has 1 fully saturated rings. The van der Waals surface area contributed by atoms with Crippen molar-refractivity contribution in [1.82, 2.24) is 4.90 Å². The molecule has 0 unspecified atom stereocenters. The van der Waals surface area contributed by atoms with Gasteiger partial charge in [-0.2, -0.15) is 0 Å². The van der Waals surface area contributed by atoms with Gasteiger partial charge in [-0.05, 0) is 44.3 Å². The van der Waals surface area contributed by atoms with Crippen molar-refractivity contribution < 1.29 is 8.42 Å². The van der Waals surface area contributed by atoms with Crippen LogP contribution in [0.2, 0.25) is 0 Å². The van der Waals surface area contributed by atoms with Gasteiger partial charge in [-0.3, -0.25) is 0 Å². The highest BCUT2D eigenvalue weighted by Gasteiger charge is 2.15. The molecule has 0 aromatic heterocycles. The van der Waals surface area contributed by atoms with Crippen LogP contribution in [-0.2, 0) is 16.3 Å². The number of rotatable bonds is 6. The SMILES string of the molecule is O=S(=O)(CCc1ccccc1)CCN1CC[CH]CC1. The Balaban J connectivity index is 1.75. The van der Waals surface area contributed by atoms with Crippen molar-refractivity contribution in [3.05, 3.63) is 42.3 Å². The second-order valence-electron chi connectivity index (χ2n) is 5.10. The molecule has 1 radical (unpaired) electrons. The summed E-state index contributed by atoms with van der Waals surface area (Å²) < 4.78 is 24.0. The number of likely N-dealkylation sites (tertiary alicyclic amines) is 1. The van der Waals surface area contributed by atoms with E-state index < -0.39 is 9.84 Å². The highest BCUT2D eigenvalue weighted by Crippen LogP contribution is 2.08. The smallest absolute Gasteiger partial charge is 0.151 e. The summed E-state index contributed by atoms with van der Waals surface area (Å²) in [5.41, 5.74) is 1.10. The fraction of sp³-hybridized carbons (Fsp3) is 0.533. The lowest BCUT2D eigenvalue weighted by Crippen LogP contribution is -2.34. The van der Waals surface area contributed by atoms with Crippen LogP contribution in [0.25, 0.3) is 0 Å². The molecular formula is C15H22NO2S. The van der Waals surface area contributed by atoms with Gasteiger partial charge in [0.1, 0.15) is 0 Å². The molecule has 1 aromatic rings. The Kier molecular flexibility index (Phi) is 5.40. The Morgan fingerprint density at radius 3 is 2.37 bits per heavy atom. The molecule has 0 atom stereocenters. The van der Waals surface area contributed by atoms with Gasteiger partial charge in [-0.1, -0.05) is 30.3 Å². The van der Waals surface area contributed by atoms with Gasteiger partial charge in [0.15, 0.2) is 9.84 Å². The van der Waals surface area contributed by atoms with Crippen LogP contribution in [0.1, 0.15) is 18.4 Å². The molecule has 2 rings (SSSR count). The van der Waals surface area contributed by atoms with Crippen LogP contribution < -0.4 is 0 Å². The third-order valence-electron chi connectivity index (χ3n) is 3.56. The topological polar surface area (TPSA) is 37.4 Å². The van der Waals surface area contributed by atoms with Gasteiger partial charge in [0.05, 0.1) is 11.5 Å². The zero-order chi connectivity index (χ0) is 13.6. The number of nitrogens with zero attached hydrogens (tertiary/aromatic N) is 1. The summed E-state index contributed by atoms with van der Waals surface area (Å²) in [6, 6.07) is 9.82. The first-order valence-electron chi connectivity index (χ1n) is 6.94. The molecular weight excluding hydrogens is 258 g/mol. The highest BCUT2D eigenvalue weighted by atomic mass is 32.2. The fourth-order valence-corrected chi connectivity index (χ4v) is 3.60. The zero-order valence-corrected chi connectivity index (χ0v) is 12.1. The van der Waals surface area contributed by atoms with Crippen LogP contribution in [-0.4, -0.2) is 44.5 Å². The van der Waals surface area contributed by atoms with Crippen molar-refractivity contribution in [3.63, 3.8) is 0 Å². The van der Waals surface area contributed by atoms with E-state index in [4.69, 9.17) is 0 Å². The quantitative estimate of drug-likeness (QED) is 0.799. The maximum Gasteiger partial charge on any atom is 0.151 e. The number of piperidine rings is 1. The summed E-state index contributed by atoms with van der Waals surface area (Å²) >= 11 is 0. The van der Waals surface area contributed by atoms with Gasteiger partial charge in [0, 0.05) is 6.54 Å². The normalized spacial score (nSPS) is 17.5. The molecule has 1 aromatic carbocycles. The Hall–Kier alpha value is -0.870. The summed E-state index contributed by atoms with van der Waals surface area (Å²) in [7, 11) is -2.93. The van der Waals surface area contributed by atoms with Crippen molar-refractivity contribution in [2.75, 3.05) is 31.1 Å². The van der Waals surface area contributed by atoms with Crippen molar-refractivity contribution in [1.29, 1.82) is 0 Å². The van der Waals surface area contributed by atoms with Crippen LogP contribution in [0.5, 0.6) is 0 Å². The van der Waals surface area contributed by atoms with Crippen LogP contribution in [0.15, 0.2) is 30.3 Å². The van der Waals surface area contributed by atoms with E-state index >= 15 is 0 Å². The summed E-state index contributed by atoms with van der Waals surface area (Å²) in [6.07, 6.45) is 5.07. The molecule has 105 valence electrons. The van der Waals surface area contributed by atoms with E-state index in [1.165, 1.54) is 0 Å². The first-order chi connectivity index (χ1) is 9.16. The molecule has 4 heteroatoms. The third-order valence-corrected chi connectivity index (χ3v) is 5.19. The Bertz CT molecular complexity index is 464. The minimum absolute atomic E-state index is 0.261. The molecule has 0 N–H and O–H groups in total. The lowest BCUT2D eigenvalue weighted by atomic mass is 10.1. The van der Waals surface area contributed by atoms with E-state index in [0.717, 1.165) is 31.5 Å². The van der Waals surface area contributed by atoms with Gasteiger partial charge in [-0.15, -0.1) is 0 Å². The molecule has 1 saturated heterocycles. The van der Waals surface area contributed by atoms with Gasteiger partial charge in [-0.25, -0.2) is 8.42 Å². The van der Waals surface area contributed by atoms with Crippen LogP contribution in [0.3, 0.4) is 0 Å². The van der Waals surface area contributed by atoms with E-state index in [2.05, 4.69) is 11.3 Å². The number of hydrogen-bond acceptors (Lipinski definition) is 3. The van der Waals surface area contributed by atoms with E-state index in [-0.39, 0.29) is 5.75 Å². The average Bonchev–Trinajstić information content (AvgIpc) is 2.46. The molecule has 19 heavy (non-hydrogen) atoms. The summed E-state index contributed by atoms with van der Waals surface area (Å²) in [5.74, 6) is 0.552. The van der Waals surface area contributed by atoms with E-state index in [1.54, 1.807) is 0 Å². The minimum Gasteiger partial charge on any atom is -0.302 e. The molecule has 0 aliphatic carbocycles. The maximum absolute atomic E-state index is 12.0. The fourth-order valence-electron chi connectivity index (χ4n) is 2.32. The molecule has 1 aliphatic heterocycles. The summed E-state index contributed by atoms with van der Waals surface area (Å²) in [6.45, 7) is 2.70. The number of benzene rings is 1. The maximum atomic E-state index is 12.0. The molecule has 0 saturated carbocycles. The molecule has 1 heterocycles. The van der Waals surface area contributed by atoms with Gasteiger partial charge >= 0.3 is 0 Å². The Morgan fingerprint density at radius 2 is 1.68 bits per heavy atom. The predicted molar refractivity (Wildman–Crippen MR) is 78.8 cm³/mol. The van der Waals surface area contributed by atoms with Gasteiger partial charge in [0.25, 0.3) is 0 Å². The Labute approximate surface area is 116 Å². The van der Waals surface area contributed by atoms with Crippen molar-refractivity contribution in [3.8, 4) is 0 Å². The van der Waals surface area contributed by atoms with E-state index in [9.17, 15) is 8.42 Å². The lowest BCUT2D eigenvalue weighted by molar-refractivity contribution is 0.268. The molecule has 3 nitrogen and oxygen atoms in total. The first kappa shape index (κ1) is 14.5. The standard InChI is InChI=1S/C15H22NO2S/c17-19(18,13-9-15-7-3-1-4-8-15)14-12-16-10-5-2-6-11-16/h1-4,7-8H,5-6,9-14H2. The van der Waals surface area contributed by atoms with Crippen LogP contribution in [0, 0.1) is 6.42 Å². The number of sulfone groups is 1. The van der Waals surface area contributed by atoms with Gasteiger partial charge in [0.2, 0.25) is 0 Å². The van der Waals surface area contributed by atoms with Crippen molar-refractivity contribution in [2.24, 2.45) is 0 Å². The average molecular weight is 280 g/mol. The molecule has 1 aliphatic rings. The van der Waals surface area contributed by atoms with Crippen molar-refractivity contribution >= 4 is 9.84 Å². The van der Waals surface area contributed by atoms with Crippen LogP contribution >= 0.6 is 0 Å². The zero-order valence-electron chi connectivity index (χ0n) is 11.3. The highest BCUT2D eigenvalue weighted by molar-refractivity contribution is 7.91. The lowest BCUT2D eigenvalue weighted by Gasteiger charge is -2.25. The Morgan fingerprint density at radius 1 is 1.00 bits per heavy atom. The first-order valence-corrected chi connectivity index (χ1v) is 8.76. The van der Waals surface area contributed by atoms with E-state index in [1.807, 2.05) is 30.3 Å². The molecule has 0 bridgehead atoms. The molecule has 0 amide bonds. The predicted octanol–water partition coefficient (Wildman–Crippen LogP) is 1.94. The largest absolute Gasteiger partial charge is 0.302 e. The molecule has 0 spiro atoms. The third kappa shape index (κ3) is 5.33. The summed E-state index contributed by atoms with van der Waals surface area (Å²) in [5, 5.41) is 0. The van der Waals surface area contributed by atoms with E-state index in [0.29, 0.717) is 18.7 Å². The van der Waals surface area contributed by atoms with Gasteiger partial charge < -0.3 is 4.90 Å². The summed E-state index contributed by atoms with van der Waals surface area (Å²) in [4.78, 5) is 2.25. The number of hydrogen-bond donors (Lipinski definition) is 0.